The number of nitrogens with one attached hydrogen (secondary N) is 1. The number of aromatic nitrogens is 3. The summed E-state index contributed by atoms with van der Waals surface area (Å²) < 4.78 is 1.74. The van der Waals surface area contributed by atoms with Crippen LogP contribution in [0.2, 0.25) is 15.1 Å². The van der Waals surface area contributed by atoms with Gasteiger partial charge in [-0.1, -0.05) is 46.9 Å². The van der Waals surface area contributed by atoms with E-state index in [9.17, 15) is 4.79 Å². The molecule has 0 unspecified atom stereocenters. The minimum atomic E-state index is -0.317. The number of carbonyl (C=O) groups excluding carboxylic acids is 1. The molecule has 0 aliphatic heterocycles. The number of carbonyl (C=O) groups is 1. The summed E-state index contributed by atoms with van der Waals surface area (Å²) in [7, 11) is 0. The molecule has 0 atom stereocenters. The van der Waals surface area contributed by atoms with Crippen LogP contribution in [0.1, 0.15) is 10.4 Å². The molecule has 27 heavy (non-hydrogen) atoms. The minimum Gasteiger partial charge on any atom is -0.322 e. The molecule has 0 aliphatic rings. The lowest BCUT2D eigenvalue weighted by Gasteiger charge is -2.09. The predicted octanol–water partition coefficient (Wildman–Crippen LogP) is 5.61. The molecule has 134 valence electrons. The number of hydrogen-bond acceptors (Lipinski definition) is 3. The van der Waals surface area contributed by atoms with Crippen molar-refractivity contribution in [3.63, 3.8) is 0 Å². The molecular weight excluding hydrogens is 407 g/mol. The van der Waals surface area contributed by atoms with Crippen LogP contribution < -0.4 is 5.32 Å². The fourth-order valence-electron chi connectivity index (χ4n) is 2.69. The van der Waals surface area contributed by atoms with Gasteiger partial charge in [0.1, 0.15) is 0 Å². The molecule has 0 spiro atoms. The summed E-state index contributed by atoms with van der Waals surface area (Å²) in [4.78, 5) is 12.5. The zero-order valence-electron chi connectivity index (χ0n) is 13.7. The minimum absolute atomic E-state index is 0.317. The second-order valence-corrected chi connectivity index (χ2v) is 6.92. The highest BCUT2D eigenvalue weighted by Crippen LogP contribution is 2.31. The molecule has 0 aliphatic carbocycles. The van der Waals surface area contributed by atoms with Crippen LogP contribution in [0.15, 0.2) is 60.8 Å². The monoisotopic (exact) mass is 416 g/mol. The molecule has 0 saturated heterocycles. The van der Waals surface area contributed by atoms with E-state index in [1.165, 1.54) is 0 Å². The molecule has 1 amide bonds. The first-order chi connectivity index (χ1) is 13.0. The van der Waals surface area contributed by atoms with Crippen molar-refractivity contribution in [3.05, 3.63) is 81.4 Å². The van der Waals surface area contributed by atoms with Crippen LogP contribution in [0.25, 0.3) is 17.0 Å². The Morgan fingerprint density at radius 2 is 1.67 bits per heavy atom. The van der Waals surface area contributed by atoms with Crippen LogP contribution in [0.5, 0.6) is 0 Å². The average Bonchev–Trinajstić information content (AvgIpc) is 3.09. The first kappa shape index (κ1) is 17.8. The zero-order valence-corrected chi connectivity index (χ0v) is 15.9. The van der Waals surface area contributed by atoms with Crippen molar-refractivity contribution in [2.45, 2.75) is 0 Å². The highest BCUT2D eigenvalue weighted by molar-refractivity contribution is 6.35. The Kier molecular flexibility index (Phi) is 4.74. The number of anilines is 1. The molecule has 0 radical (unpaired) electrons. The molecule has 0 bridgehead atoms. The van der Waals surface area contributed by atoms with Crippen molar-refractivity contribution in [3.8, 4) is 11.4 Å². The number of pyridine rings is 1. The summed E-state index contributed by atoms with van der Waals surface area (Å²) in [5.41, 5.74) is 2.08. The average molecular weight is 418 g/mol. The van der Waals surface area contributed by atoms with Crippen molar-refractivity contribution in [1.82, 2.24) is 14.6 Å². The third-order valence-electron chi connectivity index (χ3n) is 3.97. The van der Waals surface area contributed by atoms with Gasteiger partial charge in [0, 0.05) is 17.4 Å². The standard InChI is InChI=1S/C19H11Cl3N4O/c20-14-5-2-1-4-12(14)19(27)23-11-7-8-15(21)13(10-11)17-24-25-18-16(22)6-3-9-26(17)18/h1-10H,(H,23,27). The summed E-state index contributed by atoms with van der Waals surface area (Å²) in [5, 5.41) is 12.4. The number of nitrogens with zero attached hydrogens (tertiary/aromatic N) is 3. The maximum absolute atomic E-state index is 12.5. The quantitative estimate of drug-likeness (QED) is 0.471. The molecule has 8 heteroatoms. The second-order valence-electron chi connectivity index (χ2n) is 5.70. The zero-order chi connectivity index (χ0) is 19.0. The van der Waals surface area contributed by atoms with E-state index in [0.29, 0.717) is 43.4 Å². The van der Waals surface area contributed by atoms with Crippen LogP contribution in [-0.2, 0) is 0 Å². The lowest BCUT2D eigenvalue weighted by Crippen LogP contribution is -2.12. The van der Waals surface area contributed by atoms with Gasteiger partial charge in [0.15, 0.2) is 11.5 Å². The Hall–Kier alpha value is -2.60. The maximum Gasteiger partial charge on any atom is 0.257 e. The fourth-order valence-corrected chi connectivity index (χ4v) is 3.31. The van der Waals surface area contributed by atoms with E-state index in [4.69, 9.17) is 34.8 Å². The maximum atomic E-state index is 12.5. The van der Waals surface area contributed by atoms with Crippen molar-refractivity contribution in [2.24, 2.45) is 0 Å². The molecule has 2 aromatic heterocycles. The van der Waals surface area contributed by atoms with Crippen molar-refractivity contribution < 1.29 is 4.79 Å². The van der Waals surface area contributed by atoms with E-state index >= 15 is 0 Å². The van der Waals surface area contributed by atoms with Gasteiger partial charge in [-0.15, -0.1) is 10.2 Å². The molecule has 2 aromatic carbocycles. The smallest absolute Gasteiger partial charge is 0.257 e. The summed E-state index contributed by atoms with van der Waals surface area (Å²) in [6.07, 6.45) is 1.79. The Balaban J connectivity index is 1.73. The van der Waals surface area contributed by atoms with Crippen molar-refractivity contribution >= 4 is 52.0 Å². The van der Waals surface area contributed by atoms with Crippen molar-refractivity contribution in [1.29, 1.82) is 0 Å². The highest BCUT2D eigenvalue weighted by atomic mass is 35.5. The Morgan fingerprint density at radius 3 is 2.48 bits per heavy atom. The lowest BCUT2D eigenvalue weighted by atomic mass is 10.1. The second kappa shape index (κ2) is 7.19. The first-order valence-corrected chi connectivity index (χ1v) is 9.03. The van der Waals surface area contributed by atoms with E-state index in [1.54, 1.807) is 65.2 Å². The van der Waals surface area contributed by atoms with Crippen LogP contribution in [0.3, 0.4) is 0 Å². The molecule has 4 rings (SSSR count). The number of rotatable bonds is 3. The number of benzene rings is 2. The van der Waals surface area contributed by atoms with Gasteiger partial charge >= 0.3 is 0 Å². The van der Waals surface area contributed by atoms with E-state index in [1.807, 2.05) is 0 Å². The van der Waals surface area contributed by atoms with Crippen LogP contribution in [-0.4, -0.2) is 20.5 Å². The van der Waals surface area contributed by atoms with E-state index < -0.39 is 0 Å². The SMILES string of the molecule is O=C(Nc1ccc(Cl)c(-c2nnc3c(Cl)cccn23)c1)c1ccccc1Cl. The number of amides is 1. The molecular formula is C19H11Cl3N4O. The van der Waals surface area contributed by atoms with E-state index in [0.717, 1.165) is 0 Å². The summed E-state index contributed by atoms with van der Waals surface area (Å²) >= 11 is 18.6. The van der Waals surface area contributed by atoms with E-state index in [2.05, 4.69) is 15.5 Å². The predicted molar refractivity (Wildman–Crippen MR) is 108 cm³/mol. The number of hydrogen-bond donors (Lipinski definition) is 1. The normalized spacial score (nSPS) is 10.9. The first-order valence-electron chi connectivity index (χ1n) is 7.89. The fraction of sp³-hybridized carbons (Fsp3) is 0. The third kappa shape index (κ3) is 3.37. The van der Waals surface area contributed by atoms with Gasteiger partial charge in [-0.05, 0) is 42.5 Å². The molecule has 0 saturated carbocycles. The number of halogens is 3. The highest BCUT2D eigenvalue weighted by Gasteiger charge is 2.15. The Bertz CT molecular complexity index is 1170. The molecule has 1 N–H and O–H groups in total. The van der Waals surface area contributed by atoms with Crippen molar-refractivity contribution in [2.75, 3.05) is 5.32 Å². The Labute approximate surface area is 169 Å². The summed E-state index contributed by atoms with van der Waals surface area (Å²) in [5.74, 6) is 0.203. The van der Waals surface area contributed by atoms with Gasteiger partial charge in [-0.3, -0.25) is 9.20 Å². The molecule has 2 heterocycles. The summed E-state index contributed by atoms with van der Waals surface area (Å²) in [6.45, 7) is 0. The largest absolute Gasteiger partial charge is 0.322 e. The summed E-state index contributed by atoms with van der Waals surface area (Å²) in [6, 6.07) is 15.5. The molecule has 0 fully saturated rings. The van der Waals surface area contributed by atoms with Crippen LogP contribution in [0.4, 0.5) is 5.69 Å². The molecule has 5 nitrogen and oxygen atoms in total. The number of fused-ring (bicyclic) bond motifs is 1. The molecule has 4 aromatic rings. The van der Waals surface area contributed by atoms with Gasteiger partial charge in [0.25, 0.3) is 5.91 Å². The van der Waals surface area contributed by atoms with E-state index in [-0.39, 0.29) is 5.91 Å². The lowest BCUT2D eigenvalue weighted by molar-refractivity contribution is 0.102. The van der Waals surface area contributed by atoms with Gasteiger partial charge in [0.2, 0.25) is 0 Å². The Morgan fingerprint density at radius 1 is 0.889 bits per heavy atom. The van der Waals surface area contributed by atoms with Crippen LogP contribution in [0, 0.1) is 0 Å². The third-order valence-corrected chi connectivity index (χ3v) is 4.92. The topological polar surface area (TPSA) is 59.3 Å². The van der Waals surface area contributed by atoms with Gasteiger partial charge < -0.3 is 5.32 Å². The van der Waals surface area contributed by atoms with Gasteiger partial charge in [-0.2, -0.15) is 0 Å². The van der Waals surface area contributed by atoms with Gasteiger partial charge in [0.05, 0.1) is 20.6 Å². The van der Waals surface area contributed by atoms with Gasteiger partial charge in [-0.25, -0.2) is 0 Å². The van der Waals surface area contributed by atoms with Crippen LogP contribution >= 0.6 is 34.8 Å².